The van der Waals surface area contributed by atoms with Gasteiger partial charge in [-0.05, 0) is 18.6 Å². The molecule has 3 fully saturated rings. The van der Waals surface area contributed by atoms with Gasteiger partial charge in [0.1, 0.15) is 0 Å². The van der Waals surface area contributed by atoms with Crippen LogP contribution in [0.3, 0.4) is 0 Å². The van der Waals surface area contributed by atoms with Crippen molar-refractivity contribution < 1.29 is 5.11 Å². The van der Waals surface area contributed by atoms with Crippen molar-refractivity contribution in [3.8, 4) is 0 Å². The third kappa shape index (κ3) is 2.48. The van der Waals surface area contributed by atoms with Crippen LogP contribution in [0.1, 0.15) is 27.2 Å². The Hall–Kier alpha value is -1.16. The van der Waals surface area contributed by atoms with Crippen LogP contribution in [-0.4, -0.2) is 29.2 Å². The van der Waals surface area contributed by atoms with E-state index in [1.54, 1.807) is 0 Å². The molecule has 3 rings (SSSR count). The summed E-state index contributed by atoms with van der Waals surface area (Å²) < 4.78 is 0. The summed E-state index contributed by atoms with van der Waals surface area (Å²) in [5.41, 5.74) is 12.9. The number of piperidine rings is 2. The Morgan fingerprint density at radius 1 is 1.17 bits per heavy atom. The molecule has 0 aromatic heterocycles. The molecule has 2 heterocycles. The van der Waals surface area contributed by atoms with Crippen LogP contribution >= 0.6 is 0 Å². The van der Waals surface area contributed by atoms with Crippen LogP contribution in [0.2, 0.25) is 0 Å². The molecule has 2 saturated heterocycles. The first kappa shape index (κ1) is 13.3. The van der Waals surface area contributed by atoms with Crippen molar-refractivity contribution in [2.75, 3.05) is 13.1 Å². The highest BCUT2D eigenvalue weighted by atomic mass is 16.3. The highest BCUT2D eigenvalue weighted by Crippen LogP contribution is 2.40. The molecule has 0 aromatic rings. The lowest BCUT2D eigenvalue weighted by atomic mass is 9.68. The highest BCUT2D eigenvalue weighted by Gasteiger charge is 2.45. The number of aliphatic hydroxyl groups is 1. The van der Waals surface area contributed by atoms with Crippen molar-refractivity contribution >= 4 is 0 Å². The molecule has 1 saturated carbocycles. The van der Waals surface area contributed by atoms with Crippen molar-refractivity contribution in [2.24, 2.45) is 28.7 Å². The average molecular weight is 251 g/mol. The van der Waals surface area contributed by atoms with Gasteiger partial charge in [-0.25, -0.2) is 0 Å². The van der Waals surface area contributed by atoms with Crippen molar-refractivity contribution in [2.45, 2.75) is 33.3 Å². The van der Waals surface area contributed by atoms with Crippen LogP contribution < -0.4 is 11.5 Å². The lowest BCUT2D eigenvalue weighted by molar-refractivity contribution is -0.0987. The molecule has 2 aliphatic heterocycles. The largest absolute Gasteiger partial charge is 0.402 e. The maximum Gasteiger partial charge on any atom is 0.0987 e. The lowest BCUT2D eigenvalue weighted by Gasteiger charge is -2.51. The van der Waals surface area contributed by atoms with E-state index in [0.717, 1.165) is 31.0 Å². The molecule has 18 heavy (non-hydrogen) atoms. The normalized spacial score (nSPS) is 33.3. The van der Waals surface area contributed by atoms with E-state index in [4.69, 9.17) is 11.5 Å². The molecule has 2 bridgehead atoms. The van der Waals surface area contributed by atoms with Gasteiger partial charge >= 0.3 is 0 Å². The second kappa shape index (κ2) is 4.50. The predicted octanol–water partition coefficient (Wildman–Crippen LogP) is 0.988. The van der Waals surface area contributed by atoms with E-state index in [1.807, 2.05) is 12.2 Å². The fourth-order valence-electron chi connectivity index (χ4n) is 2.60. The molecule has 4 heteroatoms. The smallest absolute Gasteiger partial charge is 0.0987 e. The summed E-state index contributed by atoms with van der Waals surface area (Å²) in [7, 11) is 0. The minimum absolute atomic E-state index is 0.0307. The molecule has 1 aliphatic carbocycles. The predicted molar refractivity (Wildman–Crippen MR) is 73.2 cm³/mol. The number of nitrogens with two attached hydrogens (primary N) is 2. The van der Waals surface area contributed by atoms with Gasteiger partial charge in [-0.1, -0.05) is 20.8 Å². The Labute approximate surface area is 109 Å². The Balaban J connectivity index is 1.98. The first-order chi connectivity index (χ1) is 8.29. The van der Waals surface area contributed by atoms with E-state index in [2.05, 4.69) is 25.7 Å². The van der Waals surface area contributed by atoms with E-state index >= 15 is 0 Å². The summed E-state index contributed by atoms with van der Waals surface area (Å²) >= 11 is 0. The number of hydrogen-bond donors (Lipinski definition) is 3. The highest BCUT2D eigenvalue weighted by molar-refractivity contribution is 5.18. The SMILES string of the molecule is CC(C)(C)/C(N)=C/C=C(\N)N1CC2CC(C1)C2O. The van der Waals surface area contributed by atoms with Crippen LogP contribution in [0.25, 0.3) is 0 Å². The number of fused-ring (bicyclic) bond motifs is 2. The van der Waals surface area contributed by atoms with Gasteiger partial charge in [0.2, 0.25) is 0 Å². The van der Waals surface area contributed by atoms with E-state index < -0.39 is 0 Å². The Kier molecular flexibility index (Phi) is 3.32. The standard InChI is InChI=1S/C14H25N3O/c1-14(2,3)11(15)4-5-12(16)17-7-9-6-10(8-17)13(9)18/h4-5,9-10,13,18H,6-8,15-16H2,1-3H3/b11-4-,12-5+. The summed E-state index contributed by atoms with van der Waals surface area (Å²) in [6, 6.07) is 0. The third-order valence-electron chi connectivity index (χ3n) is 4.15. The minimum Gasteiger partial charge on any atom is -0.402 e. The molecular weight excluding hydrogens is 226 g/mol. The second-order valence-electron chi connectivity index (χ2n) is 6.61. The molecule has 0 spiro atoms. The van der Waals surface area contributed by atoms with Crippen LogP contribution in [0.5, 0.6) is 0 Å². The number of hydrogen-bond acceptors (Lipinski definition) is 4. The van der Waals surface area contributed by atoms with Crippen molar-refractivity contribution in [3.63, 3.8) is 0 Å². The first-order valence-corrected chi connectivity index (χ1v) is 6.65. The molecule has 0 amide bonds. The van der Waals surface area contributed by atoms with Gasteiger partial charge in [0.15, 0.2) is 0 Å². The zero-order chi connectivity index (χ0) is 13.5. The molecule has 2 atom stereocenters. The van der Waals surface area contributed by atoms with Gasteiger partial charge in [-0.3, -0.25) is 0 Å². The minimum atomic E-state index is -0.107. The van der Waals surface area contributed by atoms with E-state index in [9.17, 15) is 5.11 Å². The zero-order valence-corrected chi connectivity index (χ0v) is 11.6. The summed E-state index contributed by atoms with van der Waals surface area (Å²) in [4.78, 5) is 2.15. The van der Waals surface area contributed by atoms with E-state index in [0.29, 0.717) is 11.8 Å². The van der Waals surface area contributed by atoms with Crippen LogP contribution in [0.15, 0.2) is 23.7 Å². The monoisotopic (exact) mass is 251 g/mol. The van der Waals surface area contributed by atoms with E-state index in [1.165, 1.54) is 0 Å². The van der Waals surface area contributed by atoms with Gasteiger partial charge < -0.3 is 21.5 Å². The Bertz CT molecular complexity index is 369. The Morgan fingerprint density at radius 3 is 2.17 bits per heavy atom. The van der Waals surface area contributed by atoms with Crippen LogP contribution in [0.4, 0.5) is 0 Å². The maximum atomic E-state index is 9.73. The Morgan fingerprint density at radius 2 is 1.72 bits per heavy atom. The first-order valence-electron chi connectivity index (χ1n) is 6.65. The van der Waals surface area contributed by atoms with Gasteiger partial charge in [-0.2, -0.15) is 0 Å². The van der Waals surface area contributed by atoms with Crippen molar-refractivity contribution in [3.05, 3.63) is 23.7 Å². The third-order valence-corrected chi connectivity index (χ3v) is 4.15. The lowest BCUT2D eigenvalue weighted by Crippen LogP contribution is -2.58. The topological polar surface area (TPSA) is 75.5 Å². The molecule has 2 unspecified atom stereocenters. The second-order valence-corrected chi connectivity index (χ2v) is 6.61. The van der Waals surface area contributed by atoms with Gasteiger partial charge in [-0.15, -0.1) is 0 Å². The molecule has 5 N–H and O–H groups in total. The van der Waals surface area contributed by atoms with Gasteiger partial charge in [0.05, 0.1) is 11.9 Å². The van der Waals surface area contributed by atoms with Crippen molar-refractivity contribution in [1.29, 1.82) is 0 Å². The fraction of sp³-hybridized carbons (Fsp3) is 0.714. The van der Waals surface area contributed by atoms with Crippen LogP contribution in [0, 0.1) is 17.3 Å². The summed E-state index contributed by atoms with van der Waals surface area (Å²) in [6.45, 7) is 7.96. The summed E-state index contributed by atoms with van der Waals surface area (Å²) in [5.74, 6) is 1.56. The molecule has 3 aliphatic rings. The number of allylic oxidation sites excluding steroid dienone is 3. The quantitative estimate of drug-likeness (QED) is 0.640. The number of rotatable bonds is 2. The zero-order valence-electron chi connectivity index (χ0n) is 11.6. The van der Waals surface area contributed by atoms with Crippen LogP contribution in [-0.2, 0) is 0 Å². The number of aliphatic hydroxyl groups excluding tert-OH is 1. The molecule has 0 radical (unpaired) electrons. The van der Waals surface area contributed by atoms with Crippen molar-refractivity contribution in [1.82, 2.24) is 4.90 Å². The summed E-state index contributed by atoms with van der Waals surface area (Å²) in [6.07, 6.45) is 4.82. The average Bonchev–Trinajstić information content (AvgIpc) is 2.33. The molecule has 4 nitrogen and oxygen atoms in total. The molecule has 0 aromatic carbocycles. The molecule has 102 valence electrons. The number of nitrogens with zero attached hydrogens (tertiary/aromatic N) is 1. The molecular formula is C14H25N3O. The summed E-state index contributed by atoms with van der Waals surface area (Å²) in [5, 5.41) is 9.73. The maximum absolute atomic E-state index is 9.73. The fourth-order valence-corrected chi connectivity index (χ4v) is 2.60. The van der Waals surface area contributed by atoms with E-state index in [-0.39, 0.29) is 11.5 Å². The van der Waals surface area contributed by atoms with Gasteiger partial charge in [0.25, 0.3) is 0 Å². The van der Waals surface area contributed by atoms with Gasteiger partial charge in [0, 0.05) is 36.0 Å².